The molecule has 0 atom stereocenters. The second kappa shape index (κ2) is 6.18. The van der Waals surface area contributed by atoms with Crippen LogP contribution in [-0.2, 0) is 0 Å². The van der Waals surface area contributed by atoms with E-state index in [1.165, 1.54) is 0 Å². The number of amides is 1. The van der Waals surface area contributed by atoms with Gasteiger partial charge in [-0.2, -0.15) is 0 Å². The fraction of sp³-hybridized carbons (Fsp3) is 0.0556. The van der Waals surface area contributed by atoms with Crippen molar-refractivity contribution in [2.45, 2.75) is 6.92 Å². The highest BCUT2D eigenvalue weighted by Crippen LogP contribution is 2.34. The normalized spacial score (nSPS) is 10.5. The lowest BCUT2D eigenvalue weighted by Gasteiger charge is -2.10. The number of benzene rings is 2. The Hall–Kier alpha value is -2.72. The molecule has 0 aliphatic rings. The number of aryl methyl sites for hydroxylation is 1. The highest BCUT2D eigenvalue weighted by molar-refractivity contribution is 6.30. The van der Waals surface area contributed by atoms with Gasteiger partial charge in [0, 0.05) is 16.3 Å². The lowest BCUT2D eigenvalue weighted by atomic mass is 10.1. The number of aromatic nitrogens is 1. The molecule has 0 aliphatic carbocycles. The van der Waals surface area contributed by atoms with Crippen LogP contribution in [-0.4, -0.2) is 10.9 Å². The molecule has 4 nitrogen and oxygen atoms in total. The fourth-order valence-electron chi connectivity index (χ4n) is 2.39. The molecule has 0 spiro atoms. The van der Waals surface area contributed by atoms with E-state index in [1.807, 2.05) is 43.3 Å². The van der Waals surface area contributed by atoms with Gasteiger partial charge < -0.3 is 15.5 Å². The third-order valence-corrected chi connectivity index (χ3v) is 3.72. The zero-order valence-corrected chi connectivity index (χ0v) is 13.2. The first-order chi connectivity index (χ1) is 11.0. The van der Waals surface area contributed by atoms with Crippen LogP contribution in [0.5, 0.6) is 11.5 Å². The van der Waals surface area contributed by atoms with Crippen molar-refractivity contribution < 1.29 is 9.53 Å². The van der Waals surface area contributed by atoms with E-state index < -0.39 is 5.91 Å². The number of aromatic amines is 1. The summed E-state index contributed by atoms with van der Waals surface area (Å²) in [7, 11) is 0. The van der Waals surface area contributed by atoms with Gasteiger partial charge in [-0.15, -0.1) is 0 Å². The first-order valence-corrected chi connectivity index (χ1v) is 7.44. The van der Waals surface area contributed by atoms with E-state index in [1.54, 1.807) is 18.2 Å². The number of hydrogen-bond acceptors (Lipinski definition) is 2. The van der Waals surface area contributed by atoms with Crippen LogP contribution in [0, 0.1) is 6.92 Å². The molecule has 0 bridgehead atoms. The quantitative estimate of drug-likeness (QED) is 0.739. The van der Waals surface area contributed by atoms with E-state index in [-0.39, 0.29) is 0 Å². The molecule has 0 saturated carbocycles. The Balaban J connectivity index is 2.01. The summed E-state index contributed by atoms with van der Waals surface area (Å²) in [6, 6.07) is 16.5. The van der Waals surface area contributed by atoms with Crippen molar-refractivity contribution in [3.8, 4) is 22.8 Å². The monoisotopic (exact) mass is 326 g/mol. The lowest BCUT2D eigenvalue weighted by Crippen LogP contribution is -2.10. The number of nitrogens with two attached hydrogens (primary N) is 1. The Kier molecular flexibility index (Phi) is 4.08. The number of H-pyrrole nitrogens is 1. The number of primary amides is 1. The Bertz CT molecular complexity index is 871. The molecule has 3 aromatic rings. The molecule has 2 aromatic carbocycles. The summed E-state index contributed by atoms with van der Waals surface area (Å²) in [6.45, 7) is 1.81. The molecule has 1 heterocycles. The Morgan fingerprint density at radius 3 is 2.61 bits per heavy atom. The van der Waals surface area contributed by atoms with Crippen LogP contribution >= 0.6 is 11.6 Å². The smallest absolute Gasteiger partial charge is 0.250 e. The average molecular weight is 327 g/mol. The molecular weight excluding hydrogens is 312 g/mol. The highest BCUT2D eigenvalue weighted by Gasteiger charge is 2.14. The van der Waals surface area contributed by atoms with E-state index in [4.69, 9.17) is 22.1 Å². The summed E-state index contributed by atoms with van der Waals surface area (Å²) >= 11 is 5.99. The first-order valence-electron chi connectivity index (χ1n) is 7.07. The molecule has 0 aliphatic heterocycles. The number of halogens is 1. The van der Waals surface area contributed by atoms with Crippen molar-refractivity contribution in [3.63, 3.8) is 0 Å². The third kappa shape index (κ3) is 3.22. The molecule has 0 unspecified atom stereocenters. The molecule has 3 N–H and O–H groups in total. The Labute approximate surface area is 138 Å². The highest BCUT2D eigenvalue weighted by atomic mass is 35.5. The van der Waals surface area contributed by atoms with Gasteiger partial charge in [-0.05, 0) is 43.3 Å². The molecular formula is C18H15ClN2O2. The predicted molar refractivity (Wildman–Crippen MR) is 91.0 cm³/mol. The maximum atomic E-state index is 11.4. The van der Waals surface area contributed by atoms with Gasteiger partial charge in [0.15, 0.2) is 0 Å². The molecule has 0 fully saturated rings. The predicted octanol–water partition coefficient (Wildman–Crippen LogP) is 4.53. The second-order valence-electron chi connectivity index (χ2n) is 5.14. The zero-order valence-electron chi connectivity index (χ0n) is 12.5. The Morgan fingerprint density at radius 1 is 1.13 bits per heavy atom. The average Bonchev–Trinajstić information content (AvgIpc) is 2.90. The molecule has 0 radical (unpaired) electrons. The summed E-state index contributed by atoms with van der Waals surface area (Å²) in [5.41, 5.74) is 8.18. The molecule has 116 valence electrons. The summed E-state index contributed by atoms with van der Waals surface area (Å²) in [5.74, 6) is 0.841. The van der Waals surface area contributed by atoms with Crippen LogP contribution < -0.4 is 10.5 Å². The van der Waals surface area contributed by atoms with Crippen molar-refractivity contribution in [2.75, 3.05) is 0 Å². The van der Waals surface area contributed by atoms with E-state index in [2.05, 4.69) is 4.98 Å². The lowest BCUT2D eigenvalue weighted by molar-refractivity contribution is 0.1000. The largest absolute Gasteiger partial charge is 0.457 e. The molecule has 5 heteroatoms. The van der Waals surface area contributed by atoms with Gasteiger partial charge in [0.2, 0.25) is 0 Å². The SMILES string of the molecule is Cc1[nH]c(-c2ccccc2Oc2cccc(Cl)c2)cc1C(N)=O. The van der Waals surface area contributed by atoms with Gasteiger partial charge in [0.25, 0.3) is 5.91 Å². The van der Waals surface area contributed by atoms with Crippen molar-refractivity contribution in [1.29, 1.82) is 0 Å². The summed E-state index contributed by atoms with van der Waals surface area (Å²) in [4.78, 5) is 14.6. The summed E-state index contributed by atoms with van der Waals surface area (Å²) < 4.78 is 5.93. The van der Waals surface area contributed by atoms with Crippen LogP contribution in [0.1, 0.15) is 16.1 Å². The van der Waals surface area contributed by atoms with E-state index in [0.717, 1.165) is 17.0 Å². The molecule has 23 heavy (non-hydrogen) atoms. The number of hydrogen-bond donors (Lipinski definition) is 2. The minimum absolute atomic E-state index is 0.460. The number of carbonyl (C=O) groups excluding carboxylic acids is 1. The molecule has 1 aromatic heterocycles. The number of para-hydroxylation sites is 1. The van der Waals surface area contributed by atoms with Crippen LogP contribution in [0.2, 0.25) is 5.02 Å². The topological polar surface area (TPSA) is 68.1 Å². The summed E-state index contributed by atoms with van der Waals surface area (Å²) in [6.07, 6.45) is 0. The van der Waals surface area contributed by atoms with Gasteiger partial charge in [0.05, 0.1) is 11.3 Å². The fourth-order valence-corrected chi connectivity index (χ4v) is 2.57. The maximum absolute atomic E-state index is 11.4. The van der Waals surface area contributed by atoms with Crippen LogP contribution in [0.4, 0.5) is 0 Å². The minimum Gasteiger partial charge on any atom is -0.457 e. The van der Waals surface area contributed by atoms with E-state index in [9.17, 15) is 4.79 Å². The molecule has 0 saturated heterocycles. The van der Waals surface area contributed by atoms with Gasteiger partial charge in [-0.1, -0.05) is 29.8 Å². The van der Waals surface area contributed by atoms with Crippen molar-refractivity contribution >= 4 is 17.5 Å². The van der Waals surface area contributed by atoms with Gasteiger partial charge in [-0.25, -0.2) is 0 Å². The maximum Gasteiger partial charge on any atom is 0.250 e. The van der Waals surface area contributed by atoms with E-state index >= 15 is 0 Å². The van der Waals surface area contributed by atoms with Gasteiger partial charge in [0.1, 0.15) is 11.5 Å². The third-order valence-electron chi connectivity index (χ3n) is 3.48. The van der Waals surface area contributed by atoms with Gasteiger partial charge in [-0.3, -0.25) is 4.79 Å². The summed E-state index contributed by atoms with van der Waals surface area (Å²) in [5, 5.41) is 0.603. The number of ether oxygens (including phenoxy) is 1. The minimum atomic E-state index is -0.460. The molecule has 1 amide bonds. The zero-order chi connectivity index (χ0) is 16.4. The van der Waals surface area contributed by atoms with Gasteiger partial charge >= 0.3 is 0 Å². The van der Waals surface area contributed by atoms with Crippen LogP contribution in [0.3, 0.4) is 0 Å². The van der Waals surface area contributed by atoms with Crippen molar-refractivity contribution in [2.24, 2.45) is 5.73 Å². The van der Waals surface area contributed by atoms with Crippen molar-refractivity contribution in [1.82, 2.24) is 4.98 Å². The van der Waals surface area contributed by atoms with Crippen LogP contribution in [0.15, 0.2) is 54.6 Å². The van der Waals surface area contributed by atoms with Crippen molar-refractivity contribution in [3.05, 3.63) is 70.9 Å². The standard InChI is InChI=1S/C18H15ClN2O2/c1-11-15(18(20)22)10-16(21-11)14-7-2-3-8-17(14)23-13-6-4-5-12(19)9-13/h2-10,21H,1H3,(H2,20,22). The second-order valence-corrected chi connectivity index (χ2v) is 5.58. The number of carbonyl (C=O) groups is 1. The van der Waals surface area contributed by atoms with Crippen LogP contribution in [0.25, 0.3) is 11.3 Å². The Morgan fingerprint density at radius 2 is 1.91 bits per heavy atom. The molecule has 3 rings (SSSR count). The first kappa shape index (κ1) is 15.2. The number of rotatable bonds is 4. The van der Waals surface area contributed by atoms with E-state index in [0.29, 0.717) is 22.1 Å². The number of nitrogens with one attached hydrogen (secondary N) is 1.